The van der Waals surface area contributed by atoms with Crippen LogP contribution < -0.4 is 4.74 Å². The molecule has 1 aliphatic heterocycles. The Balaban J connectivity index is 1.35. The molecule has 0 saturated carbocycles. The number of fused-ring (bicyclic) bond motifs is 1. The van der Waals surface area contributed by atoms with Gasteiger partial charge in [0.15, 0.2) is 0 Å². The van der Waals surface area contributed by atoms with Gasteiger partial charge >= 0.3 is 6.18 Å². The highest BCUT2D eigenvalue weighted by Gasteiger charge is 2.33. The molecular formula is C23H20ClF3N2O2. The molecule has 0 unspecified atom stereocenters. The summed E-state index contributed by atoms with van der Waals surface area (Å²) in [6.45, 7) is 0.993. The number of alkyl halides is 3. The zero-order chi connectivity index (χ0) is 22.0. The van der Waals surface area contributed by atoms with E-state index in [4.69, 9.17) is 16.3 Å². The Morgan fingerprint density at radius 3 is 2.81 bits per heavy atom. The summed E-state index contributed by atoms with van der Waals surface area (Å²) in [4.78, 5) is 18.7. The van der Waals surface area contributed by atoms with E-state index in [9.17, 15) is 18.0 Å². The standard InChI is InChI=1S/C23H20ClF3N2O2/c24-19-8-6-15(13-18(19)23(25,26)27)7-9-21(30)29-12-10-17(14-29)31-20-5-1-3-16-4-2-11-28-22(16)20/h1-6,8,11,13,17H,7,9-10,12,14H2/t17-/m1/s1. The fraction of sp³-hybridized carbons (Fsp3) is 0.304. The van der Waals surface area contributed by atoms with Crippen LogP contribution in [0.15, 0.2) is 54.7 Å². The van der Waals surface area contributed by atoms with Crippen LogP contribution in [0.3, 0.4) is 0 Å². The molecule has 2 aromatic carbocycles. The molecule has 4 rings (SSSR count). The minimum Gasteiger partial charge on any atom is -0.486 e. The smallest absolute Gasteiger partial charge is 0.417 e. The molecule has 2 heterocycles. The summed E-state index contributed by atoms with van der Waals surface area (Å²) in [5, 5.41) is 0.636. The molecule has 162 valence electrons. The summed E-state index contributed by atoms with van der Waals surface area (Å²) in [7, 11) is 0. The van der Waals surface area contributed by atoms with Crippen LogP contribution >= 0.6 is 11.6 Å². The number of aryl methyl sites for hydroxylation is 1. The Hall–Kier alpha value is -2.80. The molecule has 0 bridgehead atoms. The average molecular weight is 449 g/mol. The number of likely N-dealkylation sites (tertiary alicyclic amines) is 1. The summed E-state index contributed by atoms with van der Waals surface area (Å²) in [5.41, 5.74) is 0.328. The van der Waals surface area contributed by atoms with Crippen molar-refractivity contribution in [2.45, 2.75) is 31.5 Å². The quantitative estimate of drug-likeness (QED) is 0.516. The summed E-state index contributed by atoms with van der Waals surface area (Å²) >= 11 is 5.65. The van der Waals surface area contributed by atoms with Crippen LogP contribution in [-0.2, 0) is 17.4 Å². The third-order valence-corrected chi connectivity index (χ3v) is 5.68. The fourth-order valence-electron chi connectivity index (χ4n) is 3.76. The van der Waals surface area contributed by atoms with Crippen molar-refractivity contribution in [2.75, 3.05) is 13.1 Å². The normalized spacial score (nSPS) is 16.6. The number of hydrogen-bond donors (Lipinski definition) is 0. The van der Waals surface area contributed by atoms with Gasteiger partial charge in [-0.25, -0.2) is 0 Å². The number of amides is 1. The lowest BCUT2D eigenvalue weighted by Gasteiger charge is -2.18. The predicted octanol–water partition coefficient (Wildman–Crippen LogP) is 5.52. The van der Waals surface area contributed by atoms with E-state index in [2.05, 4.69) is 4.98 Å². The first-order chi connectivity index (χ1) is 14.8. The monoisotopic (exact) mass is 448 g/mol. The van der Waals surface area contributed by atoms with Crippen molar-refractivity contribution in [3.05, 3.63) is 70.9 Å². The fourth-order valence-corrected chi connectivity index (χ4v) is 3.98. The van der Waals surface area contributed by atoms with Crippen LogP contribution in [0, 0.1) is 0 Å². The number of aromatic nitrogens is 1. The largest absolute Gasteiger partial charge is 0.486 e. The molecule has 1 amide bonds. The first-order valence-corrected chi connectivity index (χ1v) is 10.3. The molecule has 0 N–H and O–H groups in total. The van der Waals surface area contributed by atoms with Gasteiger partial charge in [-0.05, 0) is 36.2 Å². The van der Waals surface area contributed by atoms with Gasteiger partial charge in [0.1, 0.15) is 17.4 Å². The van der Waals surface area contributed by atoms with Crippen LogP contribution in [0.1, 0.15) is 24.0 Å². The molecule has 0 aliphatic carbocycles. The van der Waals surface area contributed by atoms with Crippen LogP contribution in [-0.4, -0.2) is 35.0 Å². The summed E-state index contributed by atoms with van der Waals surface area (Å²) in [5.74, 6) is 0.573. The number of ether oxygens (including phenoxy) is 1. The van der Waals surface area contributed by atoms with E-state index in [0.29, 0.717) is 30.8 Å². The lowest BCUT2D eigenvalue weighted by atomic mass is 10.1. The van der Waals surface area contributed by atoms with Gasteiger partial charge in [-0.2, -0.15) is 13.2 Å². The maximum Gasteiger partial charge on any atom is 0.417 e. The van der Waals surface area contributed by atoms with Crippen LogP contribution in [0.25, 0.3) is 10.9 Å². The lowest BCUT2D eigenvalue weighted by Crippen LogP contribution is -2.31. The van der Waals surface area contributed by atoms with E-state index < -0.39 is 11.7 Å². The van der Waals surface area contributed by atoms with Crippen LogP contribution in [0.4, 0.5) is 13.2 Å². The first-order valence-electron chi connectivity index (χ1n) is 9.95. The molecule has 1 fully saturated rings. The molecule has 1 aromatic heterocycles. The Morgan fingerprint density at radius 2 is 2.00 bits per heavy atom. The van der Waals surface area contributed by atoms with Crippen LogP contribution in [0.2, 0.25) is 5.02 Å². The van der Waals surface area contributed by atoms with Gasteiger partial charge < -0.3 is 9.64 Å². The first kappa shape index (κ1) is 21.4. The highest BCUT2D eigenvalue weighted by molar-refractivity contribution is 6.31. The predicted molar refractivity (Wildman–Crippen MR) is 112 cm³/mol. The number of rotatable bonds is 5. The third-order valence-electron chi connectivity index (χ3n) is 5.35. The molecule has 3 aromatic rings. The Bertz CT molecular complexity index is 1100. The van der Waals surface area contributed by atoms with Gasteiger partial charge in [-0.3, -0.25) is 9.78 Å². The van der Waals surface area contributed by atoms with E-state index in [0.717, 1.165) is 17.0 Å². The number of hydrogen-bond acceptors (Lipinski definition) is 3. The molecule has 0 radical (unpaired) electrons. The number of carbonyl (C=O) groups excluding carboxylic acids is 1. The summed E-state index contributed by atoms with van der Waals surface area (Å²) in [6, 6.07) is 13.3. The minimum atomic E-state index is -4.52. The zero-order valence-corrected chi connectivity index (χ0v) is 17.3. The number of pyridine rings is 1. The molecule has 0 spiro atoms. The van der Waals surface area contributed by atoms with Crippen LogP contribution in [0.5, 0.6) is 5.75 Å². The molecule has 1 atom stereocenters. The van der Waals surface area contributed by atoms with E-state index in [1.165, 1.54) is 12.1 Å². The summed E-state index contributed by atoms with van der Waals surface area (Å²) < 4.78 is 45.1. The topological polar surface area (TPSA) is 42.4 Å². The van der Waals surface area contributed by atoms with E-state index in [-0.39, 0.29) is 29.9 Å². The second-order valence-corrected chi connectivity index (χ2v) is 7.92. The highest BCUT2D eigenvalue weighted by atomic mass is 35.5. The molecule has 1 aliphatic rings. The molecular weight excluding hydrogens is 429 g/mol. The zero-order valence-electron chi connectivity index (χ0n) is 16.5. The number of halogens is 4. The van der Waals surface area contributed by atoms with Crippen molar-refractivity contribution in [3.63, 3.8) is 0 Å². The Labute approximate surface area is 182 Å². The van der Waals surface area contributed by atoms with Crippen molar-refractivity contribution in [2.24, 2.45) is 0 Å². The minimum absolute atomic E-state index is 0.106. The molecule has 31 heavy (non-hydrogen) atoms. The molecule has 1 saturated heterocycles. The van der Waals surface area contributed by atoms with Gasteiger partial charge in [0, 0.05) is 31.0 Å². The second kappa shape index (κ2) is 8.75. The van der Waals surface area contributed by atoms with Crippen molar-refractivity contribution in [1.82, 2.24) is 9.88 Å². The average Bonchev–Trinajstić information content (AvgIpc) is 3.21. The van der Waals surface area contributed by atoms with Gasteiger partial charge in [0.2, 0.25) is 5.91 Å². The highest BCUT2D eigenvalue weighted by Crippen LogP contribution is 2.35. The van der Waals surface area contributed by atoms with Crippen molar-refractivity contribution in [3.8, 4) is 5.75 Å². The Morgan fingerprint density at radius 1 is 1.19 bits per heavy atom. The van der Waals surface area contributed by atoms with E-state index in [1.54, 1.807) is 11.1 Å². The van der Waals surface area contributed by atoms with Gasteiger partial charge in [0.05, 0.1) is 17.1 Å². The van der Waals surface area contributed by atoms with Gasteiger partial charge in [0.25, 0.3) is 0 Å². The lowest BCUT2D eigenvalue weighted by molar-refractivity contribution is -0.137. The van der Waals surface area contributed by atoms with Crippen molar-refractivity contribution in [1.29, 1.82) is 0 Å². The second-order valence-electron chi connectivity index (χ2n) is 7.51. The van der Waals surface area contributed by atoms with Crippen molar-refractivity contribution >= 4 is 28.4 Å². The number of benzene rings is 2. The maximum absolute atomic E-state index is 13.0. The van der Waals surface area contributed by atoms with Gasteiger partial charge in [-0.15, -0.1) is 0 Å². The maximum atomic E-state index is 13.0. The SMILES string of the molecule is O=C(CCc1ccc(Cl)c(C(F)(F)F)c1)N1CC[C@@H](Oc2cccc3cccnc23)C1. The van der Waals surface area contributed by atoms with Gasteiger partial charge in [-0.1, -0.05) is 35.9 Å². The third kappa shape index (κ3) is 4.93. The van der Waals surface area contributed by atoms with E-state index in [1.807, 2.05) is 30.3 Å². The van der Waals surface area contributed by atoms with E-state index >= 15 is 0 Å². The number of para-hydroxylation sites is 1. The summed E-state index contributed by atoms with van der Waals surface area (Å²) in [6.07, 6.45) is -1.93. The molecule has 4 nitrogen and oxygen atoms in total. The number of nitrogens with zero attached hydrogens (tertiary/aromatic N) is 2. The number of carbonyl (C=O) groups is 1. The Kier molecular flexibility index (Phi) is 6.05. The van der Waals surface area contributed by atoms with Crippen molar-refractivity contribution < 1.29 is 22.7 Å². The molecule has 8 heteroatoms.